The number of nitrogens with one attached hydrogen (secondary N) is 2. The van der Waals surface area contributed by atoms with Crippen LogP contribution in [0.2, 0.25) is 0 Å². The number of aromatic nitrogens is 4. The molecule has 11 heteroatoms. The maximum absolute atomic E-state index is 13.6. The third kappa shape index (κ3) is 5.53. The van der Waals surface area contributed by atoms with Crippen LogP contribution in [-0.4, -0.2) is 57.2 Å². The second kappa shape index (κ2) is 10.4. The fourth-order valence-corrected chi connectivity index (χ4v) is 4.00. The molecule has 1 atom stereocenters. The Morgan fingerprint density at radius 2 is 1.82 bits per heavy atom. The second-order valence-electron chi connectivity index (χ2n) is 8.20. The van der Waals surface area contributed by atoms with Gasteiger partial charge in [-0.25, -0.2) is 8.78 Å². The first-order valence-electron chi connectivity index (χ1n) is 11.0. The molecule has 1 saturated heterocycles. The Morgan fingerprint density at radius 1 is 1.09 bits per heavy atom. The van der Waals surface area contributed by atoms with Crippen LogP contribution in [0.5, 0.6) is 0 Å². The lowest BCUT2D eigenvalue weighted by atomic mass is 10.0. The summed E-state index contributed by atoms with van der Waals surface area (Å²) in [7, 11) is 0. The number of piperidine rings is 1. The summed E-state index contributed by atoms with van der Waals surface area (Å²) in [6.45, 7) is 2.57. The number of amides is 2. The van der Waals surface area contributed by atoms with Crippen molar-refractivity contribution < 1.29 is 18.4 Å². The van der Waals surface area contributed by atoms with Crippen LogP contribution in [0, 0.1) is 11.6 Å². The maximum atomic E-state index is 13.6. The van der Waals surface area contributed by atoms with Gasteiger partial charge in [0, 0.05) is 32.5 Å². The van der Waals surface area contributed by atoms with Gasteiger partial charge < -0.3 is 15.5 Å². The Balaban J connectivity index is 1.37. The molecule has 9 nitrogen and oxygen atoms in total. The first kappa shape index (κ1) is 23.3. The van der Waals surface area contributed by atoms with Crippen LogP contribution in [0.25, 0.3) is 5.69 Å². The minimum Gasteiger partial charge on any atom is -0.351 e. The molecule has 0 spiro atoms. The Morgan fingerprint density at radius 3 is 2.50 bits per heavy atom. The SMILES string of the molecule is CC(=O)N[C@H](Cc1ccc(F)c(F)c1)C(=O)NC1CCN(c2nnnn2-c2ccccc2)CC1. The molecule has 1 aromatic heterocycles. The number of carbonyl (C=O) groups excluding carboxylic acids is 2. The smallest absolute Gasteiger partial charge is 0.250 e. The summed E-state index contributed by atoms with van der Waals surface area (Å²) >= 11 is 0. The summed E-state index contributed by atoms with van der Waals surface area (Å²) in [4.78, 5) is 26.6. The minimum atomic E-state index is -0.996. The topological polar surface area (TPSA) is 105 Å². The van der Waals surface area contributed by atoms with Crippen LogP contribution in [0.1, 0.15) is 25.3 Å². The highest BCUT2D eigenvalue weighted by molar-refractivity contribution is 5.87. The lowest BCUT2D eigenvalue weighted by Crippen LogP contribution is -2.52. The zero-order valence-electron chi connectivity index (χ0n) is 18.6. The van der Waals surface area contributed by atoms with E-state index in [0.29, 0.717) is 37.4 Å². The average Bonchev–Trinajstić information content (AvgIpc) is 3.32. The zero-order valence-corrected chi connectivity index (χ0v) is 18.6. The summed E-state index contributed by atoms with van der Waals surface area (Å²) < 4.78 is 28.5. The number of tetrazole rings is 1. The number of carbonyl (C=O) groups is 2. The van der Waals surface area contributed by atoms with E-state index in [-0.39, 0.29) is 24.3 Å². The molecule has 3 aromatic rings. The molecule has 1 aliphatic rings. The van der Waals surface area contributed by atoms with Crippen LogP contribution in [0.15, 0.2) is 48.5 Å². The first-order valence-corrected chi connectivity index (χ1v) is 11.0. The molecule has 2 aromatic carbocycles. The van der Waals surface area contributed by atoms with Gasteiger partial charge in [-0.2, -0.15) is 4.68 Å². The molecular weight excluding hydrogens is 444 g/mol. The van der Waals surface area contributed by atoms with Crippen LogP contribution >= 0.6 is 0 Å². The van der Waals surface area contributed by atoms with Gasteiger partial charge in [0.1, 0.15) is 6.04 Å². The molecule has 0 aliphatic carbocycles. The summed E-state index contributed by atoms with van der Waals surface area (Å²) in [5, 5.41) is 17.6. The second-order valence-corrected chi connectivity index (χ2v) is 8.20. The molecule has 0 unspecified atom stereocenters. The van der Waals surface area contributed by atoms with E-state index in [1.54, 1.807) is 4.68 Å². The van der Waals surface area contributed by atoms with E-state index >= 15 is 0 Å². The highest BCUT2D eigenvalue weighted by Gasteiger charge is 2.27. The van der Waals surface area contributed by atoms with Crippen molar-refractivity contribution in [2.24, 2.45) is 0 Å². The standard InChI is InChI=1S/C23H25F2N7O2/c1-15(33)26-21(14-16-7-8-19(24)20(25)13-16)22(34)27-17-9-11-31(12-10-17)23-28-29-30-32(23)18-5-3-2-4-6-18/h2-8,13,17,21H,9-12,14H2,1H3,(H,26,33)(H,27,34)/t21-/m1/s1. The highest BCUT2D eigenvalue weighted by atomic mass is 19.2. The predicted octanol–water partition coefficient (Wildman–Crippen LogP) is 1.77. The van der Waals surface area contributed by atoms with Crippen molar-refractivity contribution in [3.63, 3.8) is 0 Å². The van der Waals surface area contributed by atoms with E-state index in [4.69, 9.17) is 0 Å². The number of nitrogens with zero attached hydrogens (tertiary/aromatic N) is 5. The van der Waals surface area contributed by atoms with Crippen molar-refractivity contribution in [3.8, 4) is 5.69 Å². The summed E-state index contributed by atoms with van der Waals surface area (Å²) in [6.07, 6.45) is 1.37. The van der Waals surface area contributed by atoms with Crippen LogP contribution in [0.3, 0.4) is 0 Å². The van der Waals surface area contributed by atoms with Gasteiger partial charge in [-0.05, 0) is 53.1 Å². The van der Waals surface area contributed by atoms with Crippen LogP contribution in [0.4, 0.5) is 14.7 Å². The number of hydrogen-bond donors (Lipinski definition) is 2. The minimum absolute atomic E-state index is 0.0489. The van der Waals surface area contributed by atoms with E-state index in [9.17, 15) is 18.4 Å². The number of benzene rings is 2. The fraction of sp³-hybridized carbons (Fsp3) is 0.348. The molecular formula is C23H25F2N7O2. The van der Waals surface area contributed by atoms with Gasteiger partial charge in [0.15, 0.2) is 11.6 Å². The molecule has 0 radical (unpaired) electrons. The number of hydrogen-bond acceptors (Lipinski definition) is 6. The average molecular weight is 469 g/mol. The largest absolute Gasteiger partial charge is 0.351 e. The molecule has 2 N–H and O–H groups in total. The Labute approximate surface area is 195 Å². The Hall–Kier alpha value is -3.89. The van der Waals surface area contributed by atoms with Crippen LogP contribution < -0.4 is 15.5 Å². The summed E-state index contributed by atoms with van der Waals surface area (Å²) in [5.74, 6) is -2.08. The Kier molecular flexibility index (Phi) is 7.09. The first-order chi connectivity index (χ1) is 16.4. The van der Waals surface area contributed by atoms with Crippen molar-refractivity contribution in [1.82, 2.24) is 30.8 Å². The summed E-state index contributed by atoms with van der Waals surface area (Å²) in [6, 6.07) is 12.0. The number of para-hydroxylation sites is 1. The molecule has 34 heavy (non-hydrogen) atoms. The predicted molar refractivity (Wildman–Crippen MR) is 120 cm³/mol. The van der Waals surface area contributed by atoms with Gasteiger partial charge in [0.25, 0.3) is 0 Å². The van der Waals surface area contributed by atoms with E-state index in [1.807, 2.05) is 30.3 Å². The van der Waals surface area contributed by atoms with Crippen molar-refractivity contribution in [1.29, 1.82) is 0 Å². The highest BCUT2D eigenvalue weighted by Crippen LogP contribution is 2.20. The van der Waals surface area contributed by atoms with Crippen molar-refractivity contribution >= 4 is 17.8 Å². The van der Waals surface area contributed by atoms with E-state index in [1.165, 1.54) is 13.0 Å². The molecule has 2 heterocycles. The third-order valence-corrected chi connectivity index (χ3v) is 5.70. The quantitative estimate of drug-likeness (QED) is 0.547. The van der Waals surface area contributed by atoms with E-state index in [0.717, 1.165) is 17.8 Å². The normalized spacial score (nSPS) is 15.1. The lowest BCUT2D eigenvalue weighted by Gasteiger charge is -2.33. The van der Waals surface area contributed by atoms with Gasteiger partial charge >= 0.3 is 0 Å². The van der Waals surface area contributed by atoms with Crippen molar-refractivity contribution in [2.45, 2.75) is 38.3 Å². The van der Waals surface area contributed by atoms with E-state index < -0.39 is 17.7 Å². The molecule has 0 saturated carbocycles. The van der Waals surface area contributed by atoms with E-state index in [2.05, 4.69) is 31.1 Å². The number of anilines is 1. The van der Waals surface area contributed by atoms with Crippen molar-refractivity contribution in [3.05, 3.63) is 65.7 Å². The van der Waals surface area contributed by atoms with Gasteiger partial charge in [-0.15, -0.1) is 0 Å². The van der Waals surface area contributed by atoms with Crippen LogP contribution in [-0.2, 0) is 16.0 Å². The molecule has 1 fully saturated rings. The third-order valence-electron chi connectivity index (χ3n) is 5.70. The molecule has 1 aliphatic heterocycles. The van der Waals surface area contributed by atoms with Crippen molar-refractivity contribution in [2.75, 3.05) is 18.0 Å². The van der Waals surface area contributed by atoms with Gasteiger partial charge in [0.2, 0.25) is 17.8 Å². The fourth-order valence-electron chi connectivity index (χ4n) is 4.00. The van der Waals surface area contributed by atoms with Gasteiger partial charge in [-0.1, -0.05) is 29.4 Å². The molecule has 178 valence electrons. The van der Waals surface area contributed by atoms with Gasteiger partial charge in [0.05, 0.1) is 5.69 Å². The van der Waals surface area contributed by atoms with Gasteiger partial charge in [-0.3, -0.25) is 9.59 Å². The molecule has 4 rings (SSSR count). The monoisotopic (exact) mass is 469 g/mol. The Bertz CT molecular complexity index is 1150. The number of rotatable bonds is 7. The maximum Gasteiger partial charge on any atom is 0.250 e. The zero-order chi connectivity index (χ0) is 24.1. The number of halogens is 2. The molecule has 2 amide bonds. The lowest BCUT2D eigenvalue weighted by molar-refractivity contribution is -0.128. The molecule has 0 bridgehead atoms. The summed E-state index contributed by atoms with van der Waals surface area (Å²) in [5.41, 5.74) is 1.27.